The first-order valence-corrected chi connectivity index (χ1v) is 11.6. The van der Waals surface area contributed by atoms with E-state index in [2.05, 4.69) is 5.32 Å². The fourth-order valence-electron chi connectivity index (χ4n) is 3.15. The lowest BCUT2D eigenvalue weighted by atomic mass is 10.2. The number of hydrogen-bond donors (Lipinski definition) is 1. The Morgan fingerprint density at radius 3 is 2.26 bits per heavy atom. The number of para-hydroxylation sites is 2. The number of sulfonamides is 1. The normalized spacial score (nSPS) is 15.7. The third kappa shape index (κ3) is 4.60. The molecule has 0 fully saturated rings. The lowest BCUT2D eigenvalue weighted by Crippen LogP contribution is -2.48. The van der Waals surface area contributed by atoms with E-state index in [1.54, 1.807) is 24.3 Å². The van der Waals surface area contributed by atoms with E-state index in [0.29, 0.717) is 26.4 Å². The summed E-state index contributed by atoms with van der Waals surface area (Å²) in [6.07, 6.45) is -1.10. The molecule has 0 bridgehead atoms. The molecular formula is C21H15Cl3N2O4S. The molecule has 0 radical (unpaired) electrons. The monoisotopic (exact) mass is 496 g/mol. The highest BCUT2D eigenvalue weighted by Crippen LogP contribution is 2.37. The van der Waals surface area contributed by atoms with E-state index in [1.165, 1.54) is 42.5 Å². The fourth-order valence-corrected chi connectivity index (χ4v) is 5.28. The molecule has 31 heavy (non-hydrogen) atoms. The Labute approximate surface area is 194 Å². The molecule has 4 rings (SSSR count). The van der Waals surface area contributed by atoms with Crippen LogP contribution in [0, 0.1) is 0 Å². The van der Waals surface area contributed by atoms with Crippen LogP contribution in [0.4, 0.5) is 11.4 Å². The van der Waals surface area contributed by atoms with Crippen molar-refractivity contribution >= 4 is 62.1 Å². The van der Waals surface area contributed by atoms with Gasteiger partial charge in [0.05, 0.1) is 17.1 Å². The third-order valence-electron chi connectivity index (χ3n) is 4.56. The van der Waals surface area contributed by atoms with Crippen molar-refractivity contribution in [1.29, 1.82) is 0 Å². The van der Waals surface area contributed by atoms with Crippen LogP contribution in [-0.4, -0.2) is 27.0 Å². The van der Waals surface area contributed by atoms with E-state index in [9.17, 15) is 13.2 Å². The van der Waals surface area contributed by atoms with Crippen LogP contribution in [0.15, 0.2) is 71.6 Å². The average molecular weight is 498 g/mol. The van der Waals surface area contributed by atoms with Gasteiger partial charge in [0, 0.05) is 20.8 Å². The van der Waals surface area contributed by atoms with Gasteiger partial charge in [0.1, 0.15) is 5.75 Å². The average Bonchev–Trinajstić information content (AvgIpc) is 2.72. The molecule has 3 aromatic carbocycles. The van der Waals surface area contributed by atoms with Crippen molar-refractivity contribution < 1.29 is 17.9 Å². The predicted molar refractivity (Wildman–Crippen MR) is 122 cm³/mol. The lowest BCUT2D eigenvalue weighted by Gasteiger charge is -2.34. The number of carbonyl (C=O) groups excluding carboxylic acids is 1. The molecule has 0 aliphatic carbocycles. The van der Waals surface area contributed by atoms with Crippen LogP contribution in [0.5, 0.6) is 5.75 Å². The van der Waals surface area contributed by atoms with Crippen molar-refractivity contribution in [2.24, 2.45) is 0 Å². The summed E-state index contributed by atoms with van der Waals surface area (Å²) in [7, 11) is -3.97. The summed E-state index contributed by atoms with van der Waals surface area (Å²) in [6.45, 7) is -0.220. The summed E-state index contributed by atoms with van der Waals surface area (Å²) in [6, 6.07) is 17.0. The molecule has 1 N–H and O–H groups in total. The van der Waals surface area contributed by atoms with Crippen molar-refractivity contribution in [2.45, 2.75) is 11.0 Å². The molecule has 0 saturated heterocycles. The van der Waals surface area contributed by atoms with Crippen molar-refractivity contribution in [3.05, 3.63) is 81.8 Å². The van der Waals surface area contributed by atoms with Crippen molar-refractivity contribution in [3.8, 4) is 5.75 Å². The Morgan fingerprint density at radius 1 is 0.935 bits per heavy atom. The molecule has 0 spiro atoms. The number of rotatable bonds is 4. The van der Waals surface area contributed by atoms with Crippen molar-refractivity contribution in [2.75, 3.05) is 16.2 Å². The number of nitrogens with one attached hydrogen (secondary N) is 1. The number of halogens is 3. The maximum Gasteiger partial charge on any atom is 0.267 e. The summed E-state index contributed by atoms with van der Waals surface area (Å²) in [5.41, 5.74) is 0.712. The minimum absolute atomic E-state index is 0.0504. The van der Waals surface area contributed by atoms with Gasteiger partial charge in [-0.25, -0.2) is 8.42 Å². The minimum Gasteiger partial charge on any atom is -0.476 e. The van der Waals surface area contributed by atoms with Gasteiger partial charge in [0.15, 0.2) is 6.10 Å². The molecule has 1 aliphatic heterocycles. The highest BCUT2D eigenvalue weighted by atomic mass is 35.5. The van der Waals surface area contributed by atoms with Gasteiger partial charge in [0.25, 0.3) is 15.9 Å². The van der Waals surface area contributed by atoms with E-state index in [-0.39, 0.29) is 17.2 Å². The Kier molecular flexibility index (Phi) is 6.03. The van der Waals surface area contributed by atoms with Gasteiger partial charge in [-0.15, -0.1) is 0 Å². The smallest absolute Gasteiger partial charge is 0.267 e. The van der Waals surface area contributed by atoms with Gasteiger partial charge in [-0.2, -0.15) is 0 Å². The molecule has 0 aromatic heterocycles. The second kappa shape index (κ2) is 8.59. The van der Waals surface area contributed by atoms with Gasteiger partial charge in [-0.3, -0.25) is 9.10 Å². The van der Waals surface area contributed by atoms with Crippen LogP contribution in [0.1, 0.15) is 0 Å². The molecule has 0 unspecified atom stereocenters. The Hall–Kier alpha value is -2.45. The number of carbonyl (C=O) groups is 1. The number of fused-ring (bicyclic) bond motifs is 1. The maximum absolute atomic E-state index is 13.3. The molecule has 1 amide bonds. The second-order valence-corrected chi connectivity index (χ2v) is 9.88. The van der Waals surface area contributed by atoms with Crippen LogP contribution < -0.4 is 14.4 Å². The van der Waals surface area contributed by atoms with Gasteiger partial charge in [-0.05, 0) is 54.6 Å². The van der Waals surface area contributed by atoms with Gasteiger partial charge in [0.2, 0.25) is 0 Å². The van der Waals surface area contributed by atoms with Crippen LogP contribution in [-0.2, 0) is 14.8 Å². The third-order valence-corrected chi connectivity index (χ3v) is 7.04. The quantitative estimate of drug-likeness (QED) is 0.535. The Morgan fingerprint density at radius 2 is 1.58 bits per heavy atom. The standard InChI is InChI=1S/C21H15Cl3N2O4S/c22-13-5-7-17(8-6-13)31(28,29)26-12-20(30-19-4-2-1-3-18(19)26)21(27)25-16-10-14(23)9-15(24)11-16/h1-11,20H,12H2,(H,25,27)/t20-/m0/s1. The summed E-state index contributed by atoms with van der Waals surface area (Å²) in [4.78, 5) is 12.9. The number of ether oxygens (including phenoxy) is 1. The summed E-state index contributed by atoms with van der Waals surface area (Å²) < 4.78 is 33.6. The zero-order valence-corrected chi connectivity index (χ0v) is 18.8. The molecule has 1 aliphatic rings. The molecule has 1 atom stereocenters. The summed E-state index contributed by atoms with van der Waals surface area (Å²) in [5, 5.41) is 3.79. The lowest BCUT2D eigenvalue weighted by molar-refractivity contribution is -0.122. The largest absolute Gasteiger partial charge is 0.476 e. The zero-order chi connectivity index (χ0) is 22.2. The first-order valence-electron chi connectivity index (χ1n) is 9.05. The van der Waals surface area contributed by atoms with Crippen LogP contribution >= 0.6 is 34.8 Å². The Bertz CT molecular complexity index is 1230. The fraction of sp³-hybridized carbons (Fsp3) is 0.0952. The molecule has 1 heterocycles. The predicted octanol–water partition coefficient (Wildman–Crippen LogP) is 5.24. The van der Waals surface area contributed by atoms with E-state index in [4.69, 9.17) is 39.5 Å². The highest BCUT2D eigenvalue weighted by Gasteiger charge is 2.37. The van der Waals surface area contributed by atoms with Crippen molar-refractivity contribution in [1.82, 2.24) is 0 Å². The van der Waals surface area contributed by atoms with Crippen molar-refractivity contribution in [3.63, 3.8) is 0 Å². The van der Waals surface area contributed by atoms with Crippen LogP contribution in [0.25, 0.3) is 0 Å². The van der Waals surface area contributed by atoms with E-state index in [0.717, 1.165) is 4.31 Å². The molecule has 160 valence electrons. The van der Waals surface area contributed by atoms with Crippen LogP contribution in [0.3, 0.4) is 0 Å². The minimum atomic E-state index is -3.97. The SMILES string of the molecule is O=C(Nc1cc(Cl)cc(Cl)c1)[C@@H]1CN(S(=O)(=O)c2ccc(Cl)cc2)c2ccccc2O1. The number of hydrogen-bond acceptors (Lipinski definition) is 4. The number of amides is 1. The van der Waals surface area contributed by atoms with Gasteiger partial charge in [-0.1, -0.05) is 46.9 Å². The topological polar surface area (TPSA) is 75.7 Å². The summed E-state index contributed by atoms with van der Waals surface area (Å²) >= 11 is 17.9. The Balaban J connectivity index is 1.67. The first-order chi connectivity index (χ1) is 14.7. The molecule has 3 aromatic rings. The van der Waals surface area contributed by atoms with Gasteiger partial charge >= 0.3 is 0 Å². The van der Waals surface area contributed by atoms with E-state index < -0.39 is 22.0 Å². The first kappa shape index (κ1) is 21.8. The molecule has 0 saturated carbocycles. The second-order valence-electron chi connectivity index (χ2n) is 6.71. The van der Waals surface area contributed by atoms with Crippen LogP contribution in [0.2, 0.25) is 15.1 Å². The highest BCUT2D eigenvalue weighted by molar-refractivity contribution is 7.92. The molecule has 6 nitrogen and oxygen atoms in total. The number of nitrogens with zero attached hydrogens (tertiary/aromatic N) is 1. The maximum atomic E-state index is 13.3. The molecule has 10 heteroatoms. The van der Waals surface area contributed by atoms with E-state index in [1.807, 2.05) is 0 Å². The zero-order valence-electron chi connectivity index (χ0n) is 15.8. The number of anilines is 2. The molecular weight excluding hydrogens is 483 g/mol. The summed E-state index contributed by atoms with van der Waals surface area (Å²) in [5.74, 6) is -0.264. The van der Waals surface area contributed by atoms with E-state index >= 15 is 0 Å². The van der Waals surface area contributed by atoms with Gasteiger partial charge < -0.3 is 10.1 Å². The number of benzene rings is 3.